The van der Waals surface area contributed by atoms with Gasteiger partial charge in [0.25, 0.3) is 0 Å². The van der Waals surface area contributed by atoms with Gasteiger partial charge in [-0.3, -0.25) is 0 Å². The van der Waals surface area contributed by atoms with Crippen molar-refractivity contribution in [1.29, 1.82) is 5.26 Å². The molecule has 0 bridgehead atoms. The molecule has 0 unspecified atom stereocenters. The quantitative estimate of drug-likeness (QED) is 0.269. The number of ether oxygens (including phenoxy) is 1. The van der Waals surface area contributed by atoms with E-state index in [0.717, 1.165) is 44.3 Å². The molecule has 0 radical (unpaired) electrons. The van der Waals surface area contributed by atoms with Crippen LogP contribution in [0.25, 0.3) is 0 Å². The van der Waals surface area contributed by atoms with Gasteiger partial charge in [-0.15, -0.1) is 0 Å². The standard InChI is InChI=1S/C29H47NO3Si/c1-7-8-9-12-23(33-34(5,6)29(2,3)4)14-15-24-25-18-21-11-10-13-28(32-17-16-30)26(21)19-22(25)20-27(24)31/h10-11,13,22-25,27,31H,7-9,12,14-15,17-20H2,1-6H3/t22-,23+,24+,25-,27+/m1/s1. The number of fused-ring (bicyclic) bond motifs is 2. The maximum atomic E-state index is 11.1. The van der Waals surface area contributed by atoms with Crippen LogP contribution in [0.3, 0.4) is 0 Å². The highest BCUT2D eigenvalue weighted by Gasteiger charge is 2.45. The fraction of sp³-hybridized carbons (Fsp3) is 0.759. The zero-order chi connectivity index (χ0) is 24.9. The molecule has 1 fully saturated rings. The summed E-state index contributed by atoms with van der Waals surface area (Å²) < 4.78 is 12.6. The van der Waals surface area contributed by atoms with Crippen molar-refractivity contribution in [2.24, 2.45) is 17.8 Å². The van der Waals surface area contributed by atoms with E-state index in [9.17, 15) is 5.11 Å². The Hall–Kier alpha value is -1.35. The van der Waals surface area contributed by atoms with Crippen LogP contribution in [0.2, 0.25) is 18.1 Å². The molecule has 190 valence electrons. The lowest BCUT2D eigenvalue weighted by Gasteiger charge is -2.40. The summed E-state index contributed by atoms with van der Waals surface area (Å²) in [7, 11) is -1.82. The molecule has 2 aliphatic carbocycles. The molecule has 0 amide bonds. The summed E-state index contributed by atoms with van der Waals surface area (Å²) in [6, 6.07) is 8.32. The van der Waals surface area contributed by atoms with Crippen molar-refractivity contribution >= 4 is 8.32 Å². The maximum absolute atomic E-state index is 11.1. The highest BCUT2D eigenvalue weighted by molar-refractivity contribution is 6.74. The van der Waals surface area contributed by atoms with Crippen LogP contribution < -0.4 is 4.74 Å². The fourth-order valence-corrected chi connectivity index (χ4v) is 7.33. The van der Waals surface area contributed by atoms with Crippen LogP contribution >= 0.6 is 0 Å². The summed E-state index contributed by atoms with van der Waals surface area (Å²) >= 11 is 0. The number of benzene rings is 1. The van der Waals surface area contributed by atoms with E-state index in [-0.39, 0.29) is 17.7 Å². The van der Waals surface area contributed by atoms with Gasteiger partial charge in [0.05, 0.1) is 6.10 Å². The van der Waals surface area contributed by atoms with Crippen molar-refractivity contribution in [2.75, 3.05) is 6.61 Å². The Balaban J connectivity index is 1.69. The van der Waals surface area contributed by atoms with Crippen LogP contribution in [0.15, 0.2) is 18.2 Å². The molecule has 5 atom stereocenters. The minimum Gasteiger partial charge on any atom is -0.478 e. The lowest BCUT2D eigenvalue weighted by Crippen LogP contribution is -2.44. The Kier molecular flexibility index (Phi) is 9.28. The van der Waals surface area contributed by atoms with Crippen molar-refractivity contribution in [2.45, 2.75) is 116 Å². The van der Waals surface area contributed by atoms with Crippen molar-refractivity contribution < 1.29 is 14.3 Å². The third kappa shape index (κ3) is 6.45. The summed E-state index contributed by atoms with van der Waals surface area (Å²) in [6.07, 6.45) is 9.90. The first kappa shape index (κ1) is 27.2. The first-order chi connectivity index (χ1) is 16.1. The predicted molar refractivity (Wildman–Crippen MR) is 141 cm³/mol. The van der Waals surface area contributed by atoms with E-state index in [4.69, 9.17) is 14.4 Å². The number of rotatable bonds is 11. The first-order valence-electron chi connectivity index (χ1n) is 13.5. The Morgan fingerprint density at radius 1 is 1.18 bits per heavy atom. The number of hydrogen-bond donors (Lipinski definition) is 1. The largest absolute Gasteiger partial charge is 0.478 e. The number of hydrogen-bond acceptors (Lipinski definition) is 4. The number of aliphatic hydroxyl groups is 1. The van der Waals surface area contributed by atoms with E-state index in [2.05, 4.69) is 52.9 Å². The van der Waals surface area contributed by atoms with Gasteiger partial charge in [0.2, 0.25) is 0 Å². The SMILES string of the molecule is CCCCC[C@@H](CC[C@H]1[C@@H]2Cc3cccc(OCC#N)c3C[C@@H]2C[C@@H]1O)O[Si](C)(C)C(C)(C)C. The fourth-order valence-electron chi connectivity index (χ4n) is 5.91. The zero-order valence-corrected chi connectivity index (χ0v) is 23.4. The molecule has 2 aliphatic rings. The van der Waals surface area contributed by atoms with Crippen LogP contribution in [-0.4, -0.2) is 32.2 Å². The number of aliphatic hydroxyl groups excluding tert-OH is 1. The number of nitriles is 1. The maximum Gasteiger partial charge on any atom is 0.192 e. The van der Waals surface area contributed by atoms with E-state index >= 15 is 0 Å². The molecule has 0 heterocycles. The van der Waals surface area contributed by atoms with E-state index in [1.807, 2.05) is 12.1 Å². The van der Waals surface area contributed by atoms with E-state index in [1.54, 1.807) is 0 Å². The third-order valence-electron chi connectivity index (χ3n) is 8.86. The van der Waals surface area contributed by atoms with Crippen LogP contribution in [0.1, 0.15) is 83.8 Å². The second-order valence-electron chi connectivity index (χ2n) is 12.2. The normalized spacial score (nSPS) is 25.4. The molecule has 0 saturated heterocycles. The second kappa shape index (κ2) is 11.6. The van der Waals surface area contributed by atoms with E-state index in [0.29, 0.717) is 23.9 Å². The molecule has 1 saturated carbocycles. The van der Waals surface area contributed by atoms with Gasteiger partial charge in [-0.05, 0) is 91.6 Å². The van der Waals surface area contributed by atoms with E-state index in [1.165, 1.54) is 30.4 Å². The predicted octanol–water partition coefficient (Wildman–Crippen LogP) is 7.05. The van der Waals surface area contributed by atoms with Crippen LogP contribution in [0.4, 0.5) is 0 Å². The first-order valence-corrected chi connectivity index (χ1v) is 16.4. The minimum absolute atomic E-state index is 0.0868. The minimum atomic E-state index is -1.82. The summed E-state index contributed by atoms with van der Waals surface area (Å²) in [6.45, 7) is 14.0. The average molecular weight is 486 g/mol. The molecular weight excluding hydrogens is 438 g/mol. The van der Waals surface area contributed by atoms with Gasteiger partial charge in [-0.25, -0.2) is 0 Å². The van der Waals surface area contributed by atoms with Crippen molar-refractivity contribution in [3.63, 3.8) is 0 Å². The highest BCUT2D eigenvalue weighted by Crippen LogP contribution is 2.49. The monoisotopic (exact) mass is 485 g/mol. The van der Waals surface area contributed by atoms with Crippen LogP contribution in [0.5, 0.6) is 5.75 Å². The van der Waals surface area contributed by atoms with Gasteiger partial charge < -0.3 is 14.3 Å². The number of unbranched alkanes of at least 4 members (excludes halogenated alkanes) is 2. The third-order valence-corrected chi connectivity index (χ3v) is 13.4. The topological polar surface area (TPSA) is 62.5 Å². The molecule has 1 aromatic carbocycles. The Morgan fingerprint density at radius 3 is 2.62 bits per heavy atom. The smallest absolute Gasteiger partial charge is 0.192 e. The molecular formula is C29H47NO3Si. The lowest BCUT2D eigenvalue weighted by molar-refractivity contribution is 0.0897. The van der Waals surface area contributed by atoms with Gasteiger partial charge in [-0.1, -0.05) is 59.1 Å². The van der Waals surface area contributed by atoms with Gasteiger partial charge in [0, 0.05) is 6.10 Å². The molecule has 0 aromatic heterocycles. The highest BCUT2D eigenvalue weighted by atomic mass is 28.4. The van der Waals surface area contributed by atoms with Crippen LogP contribution in [0, 0.1) is 29.1 Å². The molecule has 5 heteroatoms. The van der Waals surface area contributed by atoms with Gasteiger partial charge in [-0.2, -0.15) is 5.26 Å². The molecule has 0 aliphatic heterocycles. The summed E-state index contributed by atoms with van der Waals surface area (Å²) in [4.78, 5) is 0. The molecule has 1 N–H and O–H groups in total. The molecule has 4 nitrogen and oxygen atoms in total. The molecule has 34 heavy (non-hydrogen) atoms. The Bertz CT molecular complexity index is 841. The van der Waals surface area contributed by atoms with Gasteiger partial charge >= 0.3 is 0 Å². The van der Waals surface area contributed by atoms with Crippen LogP contribution in [-0.2, 0) is 17.3 Å². The summed E-state index contributed by atoms with van der Waals surface area (Å²) in [5.74, 6) is 2.23. The van der Waals surface area contributed by atoms with Gasteiger partial charge in [0.15, 0.2) is 14.9 Å². The zero-order valence-electron chi connectivity index (χ0n) is 22.4. The summed E-state index contributed by atoms with van der Waals surface area (Å²) in [5, 5.41) is 20.2. The second-order valence-corrected chi connectivity index (χ2v) is 17.0. The van der Waals surface area contributed by atoms with Crippen molar-refractivity contribution in [3.05, 3.63) is 29.3 Å². The van der Waals surface area contributed by atoms with E-state index < -0.39 is 8.32 Å². The van der Waals surface area contributed by atoms with Gasteiger partial charge in [0.1, 0.15) is 11.8 Å². The summed E-state index contributed by atoms with van der Waals surface area (Å²) in [5.41, 5.74) is 2.60. The van der Waals surface area contributed by atoms with Crippen molar-refractivity contribution in [3.8, 4) is 11.8 Å². The average Bonchev–Trinajstić information content (AvgIpc) is 3.07. The molecule has 3 rings (SSSR count). The van der Waals surface area contributed by atoms with Crippen molar-refractivity contribution in [1.82, 2.24) is 0 Å². The Labute approximate surface area is 209 Å². The molecule has 1 aromatic rings. The Morgan fingerprint density at radius 2 is 1.94 bits per heavy atom. The lowest BCUT2D eigenvalue weighted by atomic mass is 9.73. The number of nitrogens with zero attached hydrogens (tertiary/aromatic N) is 1. The molecule has 0 spiro atoms.